The molecule has 0 bridgehead atoms. The van der Waals surface area contributed by atoms with Crippen molar-refractivity contribution in [3.05, 3.63) is 0 Å². The first-order valence-electron chi connectivity index (χ1n) is 5.44. The number of hydrogen-bond acceptors (Lipinski definition) is 4. The first kappa shape index (κ1) is 16.2. The molecule has 0 saturated heterocycles. The van der Waals surface area contributed by atoms with Crippen LogP contribution in [0.1, 0.15) is 20.8 Å². The Labute approximate surface area is 105 Å². The van der Waals surface area contributed by atoms with Gasteiger partial charge in [-0.15, -0.1) is 0 Å². The van der Waals surface area contributed by atoms with E-state index in [1.165, 1.54) is 6.92 Å². The molecule has 3 amide bonds. The van der Waals surface area contributed by atoms with Crippen LogP contribution in [0.25, 0.3) is 0 Å². The molecule has 0 radical (unpaired) electrons. The number of carbonyl (C=O) groups is 3. The summed E-state index contributed by atoms with van der Waals surface area (Å²) in [4.78, 5) is 33.3. The zero-order chi connectivity index (χ0) is 14.5. The number of nitrogens with one attached hydrogen (secondary N) is 2. The maximum atomic E-state index is 11.5. The highest BCUT2D eigenvalue weighted by Crippen LogP contribution is 2.01. The van der Waals surface area contributed by atoms with Crippen molar-refractivity contribution >= 4 is 17.9 Å². The highest BCUT2D eigenvalue weighted by atomic mass is 16.4. The Morgan fingerprint density at radius 2 is 1.50 bits per heavy atom. The van der Waals surface area contributed by atoms with Gasteiger partial charge in [-0.1, -0.05) is 13.8 Å². The molecule has 8 heteroatoms. The third-order valence-electron chi connectivity index (χ3n) is 2.29. The lowest BCUT2D eigenvalue weighted by Crippen LogP contribution is -2.56. The minimum absolute atomic E-state index is 0.233. The third kappa shape index (κ3) is 5.00. The highest BCUT2D eigenvalue weighted by Gasteiger charge is 2.27. The van der Waals surface area contributed by atoms with Crippen LogP contribution < -0.4 is 16.4 Å². The van der Waals surface area contributed by atoms with E-state index in [0.29, 0.717) is 0 Å². The van der Waals surface area contributed by atoms with Crippen molar-refractivity contribution in [1.29, 1.82) is 0 Å². The molecular formula is C10H19N3O5. The molecule has 0 aliphatic heterocycles. The first-order valence-corrected chi connectivity index (χ1v) is 5.44. The minimum Gasteiger partial charge on any atom is -0.480 e. The van der Waals surface area contributed by atoms with Gasteiger partial charge >= 0.3 is 12.0 Å². The molecule has 1 unspecified atom stereocenters. The number of aliphatic hydroxyl groups excluding tert-OH is 1. The number of rotatable bonds is 6. The van der Waals surface area contributed by atoms with Gasteiger partial charge in [0.1, 0.15) is 6.04 Å². The molecule has 18 heavy (non-hydrogen) atoms. The van der Waals surface area contributed by atoms with Crippen molar-refractivity contribution < 1.29 is 24.6 Å². The Morgan fingerprint density at radius 1 is 1.06 bits per heavy atom. The summed E-state index contributed by atoms with van der Waals surface area (Å²) in [6.07, 6.45) is -1.26. The lowest BCUT2D eigenvalue weighted by atomic mass is 10.0. The van der Waals surface area contributed by atoms with Crippen LogP contribution in [0.15, 0.2) is 0 Å². The van der Waals surface area contributed by atoms with E-state index < -0.39 is 36.1 Å². The van der Waals surface area contributed by atoms with E-state index in [9.17, 15) is 14.4 Å². The Bertz CT molecular complexity index is 299. The number of carbonyl (C=O) groups excluding carboxylic acids is 2. The number of hydrogen-bond donors (Lipinski definition) is 5. The fourth-order valence-electron chi connectivity index (χ4n) is 1.28. The summed E-state index contributed by atoms with van der Waals surface area (Å²) in [5, 5.41) is 22.2. The molecule has 0 aliphatic rings. The molecule has 0 saturated carbocycles. The number of carboxylic acid groups (broad SMARTS) is 1. The average molecular weight is 261 g/mol. The quantitative estimate of drug-likeness (QED) is 0.401. The van der Waals surface area contributed by atoms with Crippen molar-refractivity contribution in [2.24, 2.45) is 11.7 Å². The monoisotopic (exact) mass is 261 g/mol. The van der Waals surface area contributed by atoms with E-state index in [4.69, 9.17) is 15.9 Å². The van der Waals surface area contributed by atoms with Gasteiger partial charge in [0.2, 0.25) is 5.91 Å². The molecule has 0 aromatic rings. The van der Waals surface area contributed by atoms with Crippen molar-refractivity contribution in [3.8, 4) is 0 Å². The number of aliphatic carboxylic acids is 1. The molecular weight excluding hydrogens is 242 g/mol. The molecule has 0 aromatic heterocycles. The standard InChI is InChI=1S/C10H19N3O5/c1-4(2)6(8(11)15)12-10(18)13-7(5(3)14)9(16)17/h4-7,14H,1-3H3,(H2,11,15)(H,16,17)(H2,12,13,18)/t5-,6?,7+/m1/s1. The van der Waals surface area contributed by atoms with Gasteiger partial charge in [0.05, 0.1) is 6.10 Å². The predicted molar refractivity (Wildman–Crippen MR) is 62.6 cm³/mol. The summed E-state index contributed by atoms with van der Waals surface area (Å²) in [5.74, 6) is -2.33. The Hall–Kier alpha value is -1.83. The van der Waals surface area contributed by atoms with Crippen molar-refractivity contribution in [2.45, 2.75) is 39.0 Å². The van der Waals surface area contributed by atoms with E-state index in [2.05, 4.69) is 5.32 Å². The zero-order valence-electron chi connectivity index (χ0n) is 10.5. The third-order valence-corrected chi connectivity index (χ3v) is 2.29. The molecule has 0 aromatic carbocycles. The molecule has 0 aliphatic carbocycles. The zero-order valence-corrected chi connectivity index (χ0v) is 10.5. The van der Waals surface area contributed by atoms with Crippen LogP contribution in [-0.2, 0) is 9.59 Å². The Kier molecular flexibility index (Phi) is 6.11. The second-order valence-corrected chi connectivity index (χ2v) is 4.30. The van der Waals surface area contributed by atoms with Crippen LogP contribution in [-0.4, -0.2) is 46.3 Å². The average Bonchev–Trinajstić information content (AvgIpc) is 2.20. The van der Waals surface area contributed by atoms with Crippen LogP contribution in [0.3, 0.4) is 0 Å². The molecule has 6 N–H and O–H groups in total. The van der Waals surface area contributed by atoms with Gasteiger partial charge in [0, 0.05) is 0 Å². The van der Waals surface area contributed by atoms with E-state index >= 15 is 0 Å². The Morgan fingerprint density at radius 3 is 1.78 bits per heavy atom. The normalized spacial score (nSPS) is 15.6. The van der Waals surface area contributed by atoms with Gasteiger partial charge in [-0.25, -0.2) is 9.59 Å². The van der Waals surface area contributed by atoms with Crippen LogP contribution in [0.4, 0.5) is 4.79 Å². The fourth-order valence-corrected chi connectivity index (χ4v) is 1.28. The first-order chi connectivity index (χ1) is 8.16. The van der Waals surface area contributed by atoms with Crippen molar-refractivity contribution in [2.75, 3.05) is 0 Å². The summed E-state index contributed by atoms with van der Waals surface area (Å²) in [5.41, 5.74) is 5.09. The van der Waals surface area contributed by atoms with E-state index in [-0.39, 0.29) is 5.92 Å². The molecule has 0 spiro atoms. The van der Waals surface area contributed by atoms with Crippen LogP contribution >= 0.6 is 0 Å². The smallest absolute Gasteiger partial charge is 0.328 e. The predicted octanol–water partition coefficient (Wildman–Crippen LogP) is -1.37. The second kappa shape index (κ2) is 6.80. The summed E-state index contributed by atoms with van der Waals surface area (Å²) in [7, 11) is 0. The molecule has 0 rings (SSSR count). The van der Waals surface area contributed by atoms with Crippen LogP contribution in [0.2, 0.25) is 0 Å². The van der Waals surface area contributed by atoms with E-state index in [1.54, 1.807) is 13.8 Å². The topological polar surface area (TPSA) is 142 Å². The number of aliphatic hydroxyl groups is 1. The van der Waals surface area contributed by atoms with Crippen LogP contribution in [0.5, 0.6) is 0 Å². The van der Waals surface area contributed by atoms with Gasteiger partial charge in [0.15, 0.2) is 6.04 Å². The summed E-state index contributed by atoms with van der Waals surface area (Å²) in [6.45, 7) is 4.59. The minimum atomic E-state index is -1.45. The van der Waals surface area contributed by atoms with E-state index in [1.807, 2.05) is 5.32 Å². The van der Waals surface area contributed by atoms with E-state index in [0.717, 1.165) is 0 Å². The lowest BCUT2D eigenvalue weighted by molar-refractivity contribution is -0.141. The summed E-state index contributed by atoms with van der Waals surface area (Å²) in [6, 6.07) is -3.24. The largest absolute Gasteiger partial charge is 0.480 e. The Balaban J connectivity index is 4.57. The van der Waals surface area contributed by atoms with Crippen LogP contribution in [0, 0.1) is 5.92 Å². The molecule has 0 heterocycles. The molecule has 0 fully saturated rings. The maximum Gasteiger partial charge on any atom is 0.328 e. The van der Waals surface area contributed by atoms with Gasteiger partial charge in [0.25, 0.3) is 0 Å². The lowest BCUT2D eigenvalue weighted by Gasteiger charge is -2.22. The summed E-state index contributed by atoms with van der Waals surface area (Å²) >= 11 is 0. The number of carboxylic acids is 1. The van der Waals surface area contributed by atoms with Crippen molar-refractivity contribution in [3.63, 3.8) is 0 Å². The van der Waals surface area contributed by atoms with Gasteiger partial charge in [-0.2, -0.15) is 0 Å². The molecule has 8 nitrogen and oxygen atoms in total. The number of urea groups is 1. The number of nitrogens with two attached hydrogens (primary N) is 1. The number of amides is 3. The van der Waals surface area contributed by atoms with Gasteiger partial charge in [-0.05, 0) is 12.8 Å². The highest BCUT2D eigenvalue weighted by molar-refractivity contribution is 5.88. The van der Waals surface area contributed by atoms with Crippen molar-refractivity contribution in [1.82, 2.24) is 10.6 Å². The maximum absolute atomic E-state index is 11.5. The number of primary amides is 1. The summed E-state index contributed by atoms with van der Waals surface area (Å²) < 4.78 is 0. The fraction of sp³-hybridized carbons (Fsp3) is 0.700. The van der Waals surface area contributed by atoms with Gasteiger partial charge in [-0.3, -0.25) is 4.79 Å². The second-order valence-electron chi connectivity index (χ2n) is 4.30. The van der Waals surface area contributed by atoms with Gasteiger partial charge < -0.3 is 26.6 Å². The molecule has 104 valence electrons. The SMILES string of the molecule is CC(C)C(NC(=O)N[C@H](C(=O)O)[C@@H](C)O)C(N)=O. The molecule has 3 atom stereocenters.